The second kappa shape index (κ2) is 8.63. The topological polar surface area (TPSA) is 80.3 Å². The van der Waals surface area contributed by atoms with E-state index in [-0.39, 0.29) is 11.8 Å². The average Bonchev–Trinajstić information content (AvgIpc) is 2.60. The lowest BCUT2D eigenvalue weighted by Gasteiger charge is -2.12. The van der Waals surface area contributed by atoms with Crippen molar-refractivity contribution in [3.63, 3.8) is 0 Å². The molecule has 1 atom stereocenters. The van der Waals surface area contributed by atoms with Gasteiger partial charge in [-0.05, 0) is 49.8 Å². The number of nitrogens with one attached hydrogen (secondary N) is 2. The van der Waals surface area contributed by atoms with E-state index < -0.39 is 6.04 Å². The smallest absolute Gasteiger partial charge is 0.247 e. The Morgan fingerprint density at radius 3 is 2.52 bits per heavy atom. The van der Waals surface area contributed by atoms with Gasteiger partial charge >= 0.3 is 0 Å². The van der Waals surface area contributed by atoms with Crippen LogP contribution >= 0.6 is 0 Å². The monoisotopic (exact) mass is 339 g/mol. The van der Waals surface area contributed by atoms with Gasteiger partial charge in [0, 0.05) is 11.8 Å². The van der Waals surface area contributed by atoms with Gasteiger partial charge in [-0.2, -0.15) is 0 Å². The summed E-state index contributed by atoms with van der Waals surface area (Å²) >= 11 is 0. The normalized spacial score (nSPS) is 11.8. The second-order valence-electron chi connectivity index (χ2n) is 5.49. The number of carbonyl (C=O) groups is 2. The van der Waals surface area contributed by atoms with Crippen molar-refractivity contribution in [1.82, 2.24) is 10.3 Å². The highest BCUT2D eigenvalue weighted by Crippen LogP contribution is 2.12. The summed E-state index contributed by atoms with van der Waals surface area (Å²) in [5.74, 6) is 0.525. The highest BCUT2D eigenvalue weighted by Gasteiger charge is 2.14. The standard InChI is InChI=1S/C19H21N3O3/c1-13-5-4-6-17(20-13)22-19(24)14(2)21-18(23)12-9-15-7-10-16(25-3)11-8-15/h4-12,14H,1-3H3,(H,21,23)(H,20,22,24)/b12-9+. The van der Waals surface area contributed by atoms with E-state index in [1.807, 2.05) is 37.3 Å². The second-order valence-corrected chi connectivity index (χ2v) is 5.49. The zero-order valence-corrected chi connectivity index (χ0v) is 14.4. The van der Waals surface area contributed by atoms with Gasteiger partial charge in [0.15, 0.2) is 0 Å². The quantitative estimate of drug-likeness (QED) is 0.793. The molecule has 1 aromatic heterocycles. The molecule has 2 N–H and O–H groups in total. The highest BCUT2D eigenvalue weighted by molar-refractivity contribution is 5.99. The molecule has 6 heteroatoms. The molecule has 0 radical (unpaired) electrons. The van der Waals surface area contributed by atoms with Gasteiger partial charge in [0.05, 0.1) is 7.11 Å². The number of amides is 2. The van der Waals surface area contributed by atoms with Gasteiger partial charge in [-0.1, -0.05) is 18.2 Å². The first kappa shape index (κ1) is 18.2. The van der Waals surface area contributed by atoms with E-state index in [2.05, 4.69) is 15.6 Å². The average molecular weight is 339 g/mol. The molecule has 0 fully saturated rings. The summed E-state index contributed by atoms with van der Waals surface area (Å²) in [5, 5.41) is 5.29. The Hall–Kier alpha value is -3.15. The maximum atomic E-state index is 12.1. The SMILES string of the molecule is COc1ccc(/C=C/C(=O)NC(C)C(=O)Nc2cccc(C)n2)cc1. The molecule has 0 spiro atoms. The molecule has 2 aromatic rings. The Labute approximate surface area is 146 Å². The Morgan fingerprint density at radius 2 is 1.88 bits per heavy atom. The number of ether oxygens (including phenoxy) is 1. The summed E-state index contributed by atoms with van der Waals surface area (Å²) in [4.78, 5) is 28.2. The Morgan fingerprint density at radius 1 is 1.16 bits per heavy atom. The van der Waals surface area contributed by atoms with Crippen LogP contribution in [0.15, 0.2) is 48.5 Å². The number of aryl methyl sites for hydroxylation is 1. The van der Waals surface area contributed by atoms with E-state index in [0.29, 0.717) is 5.82 Å². The zero-order chi connectivity index (χ0) is 18.2. The molecule has 1 aromatic carbocycles. The van der Waals surface area contributed by atoms with E-state index in [1.165, 1.54) is 6.08 Å². The predicted molar refractivity (Wildman–Crippen MR) is 97.2 cm³/mol. The number of hydrogen-bond acceptors (Lipinski definition) is 4. The van der Waals surface area contributed by atoms with Crippen molar-refractivity contribution < 1.29 is 14.3 Å². The minimum absolute atomic E-state index is 0.329. The van der Waals surface area contributed by atoms with Gasteiger partial charge in [-0.25, -0.2) is 4.98 Å². The van der Waals surface area contributed by atoms with Gasteiger partial charge in [0.2, 0.25) is 11.8 Å². The molecule has 2 rings (SSSR count). The van der Waals surface area contributed by atoms with Crippen LogP contribution in [-0.2, 0) is 9.59 Å². The first-order valence-corrected chi connectivity index (χ1v) is 7.85. The minimum Gasteiger partial charge on any atom is -0.497 e. The van der Waals surface area contributed by atoms with E-state index in [4.69, 9.17) is 4.74 Å². The van der Waals surface area contributed by atoms with Crippen molar-refractivity contribution in [1.29, 1.82) is 0 Å². The number of hydrogen-bond donors (Lipinski definition) is 2. The predicted octanol–water partition coefficient (Wildman–Crippen LogP) is 2.56. The number of rotatable bonds is 6. The summed E-state index contributed by atoms with van der Waals surface area (Å²) in [6.45, 7) is 3.45. The molecule has 0 bridgehead atoms. The molecule has 2 amide bonds. The Balaban J connectivity index is 1.87. The Kier molecular flexibility index (Phi) is 6.28. The summed E-state index contributed by atoms with van der Waals surface area (Å²) in [5.41, 5.74) is 1.66. The number of nitrogens with zero attached hydrogens (tertiary/aromatic N) is 1. The number of aromatic nitrogens is 1. The zero-order valence-electron chi connectivity index (χ0n) is 14.4. The van der Waals surface area contributed by atoms with Crippen LogP contribution in [0.1, 0.15) is 18.2 Å². The van der Waals surface area contributed by atoms with Gasteiger partial charge in [0.25, 0.3) is 0 Å². The van der Waals surface area contributed by atoms with Crippen molar-refractivity contribution >= 4 is 23.7 Å². The lowest BCUT2D eigenvalue weighted by molar-refractivity contribution is -0.123. The molecule has 130 valence electrons. The third-order valence-corrected chi connectivity index (χ3v) is 3.43. The van der Waals surface area contributed by atoms with Gasteiger partial charge in [0.1, 0.15) is 17.6 Å². The molecule has 0 saturated carbocycles. The number of carbonyl (C=O) groups excluding carboxylic acids is 2. The van der Waals surface area contributed by atoms with E-state index >= 15 is 0 Å². The van der Waals surface area contributed by atoms with Crippen LogP contribution in [0.2, 0.25) is 0 Å². The number of anilines is 1. The third-order valence-electron chi connectivity index (χ3n) is 3.43. The molecule has 0 aliphatic heterocycles. The fourth-order valence-corrected chi connectivity index (χ4v) is 2.06. The van der Waals surface area contributed by atoms with Crippen LogP contribution in [0.4, 0.5) is 5.82 Å². The van der Waals surface area contributed by atoms with E-state index in [0.717, 1.165) is 17.0 Å². The summed E-state index contributed by atoms with van der Waals surface area (Å²) in [6, 6.07) is 11.9. The maximum absolute atomic E-state index is 12.1. The number of pyridine rings is 1. The van der Waals surface area contributed by atoms with Crippen molar-refractivity contribution in [2.45, 2.75) is 19.9 Å². The fraction of sp³-hybridized carbons (Fsp3) is 0.211. The third kappa shape index (κ3) is 5.76. The molecule has 0 aliphatic rings. The number of methoxy groups -OCH3 is 1. The van der Waals surface area contributed by atoms with Crippen LogP contribution in [0, 0.1) is 6.92 Å². The summed E-state index contributed by atoms with van der Waals surface area (Å²) in [7, 11) is 1.59. The van der Waals surface area contributed by atoms with Crippen LogP contribution in [0.25, 0.3) is 6.08 Å². The van der Waals surface area contributed by atoms with Crippen LogP contribution in [0.5, 0.6) is 5.75 Å². The van der Waals surface area contributed by atoms with Crippen molar-refractivity contribution in [3.05, 3.63) is 59.8 Å². The highest BCUT2D eigenvalue weighted by atomic mass is 16.5. The molecular formula is C19H21N3O3. The van der Waals surface area contributed by atoms with Gasteiger partial charge < -0.3 is 15.4 Å². The molecule has 1 unspecified atom stereocenters. The minimum atomic E-state index is -0.685. The fourth-order valence-electron chi connectivity index (χ4n) is 2.06. The number of benzene rings is 1. The van der Waals surface area contributed by atoms with Gasteiger partial charge in [-0.15, -0.1) is 0 Å². The van der Waals surface area contributed by atoms with Crippen LogP contribution in [-0.4, -0.2) is 29.9 Å². The van der Waals surface area contributed by atoms with E-state index in [1.54, 1.807) is 32.2 Å². The molecule has 25 heavy (non-hydrogen) atoms. The van der Waals surface area contributed by atoms with Gasteiger partial charge in [-0.3, -0.25) is 9.59 Å². The van der Waals surface area contributed by atoms with E-state index in [9.17, 15) is 9.59 Å². The summed E-state index contributed by atoms with van der Waals surface area (Å²) < 4.78 is 5.08. The lowest BCUT2D eigenvalue weighted by atomic mass is 10.2. The van der Waals surface area contributed by atoms with Crippen molar-refractivity contribution in [2.75, 3.05) is 12.4 Å². The molecule has 6 nitrogen and oxygen atoms in total. The molecule has 0 aliphatic carbocycles. The first-order valence-electron chi connectivity index (χ1n) is 7.85. The largest absolute Gasteiger partial charge is 0.497 e. The van der Waals surface area contributed by atoms with Crippen LogP contribution < -0.4 is 15.4 Å². The van der Waals surface area contributed by atoms with Crippen LogP contribution in [0.3, 0.4) is 0 Å². The van der Waals surface area contributed by atoms with Crippen molar-refractivity contribution in [2.24, 2.45) is 0 Å². The molecular weight excluding hydrogens is 318 g/mol. The lowest BCUT2D eigenvalue weighted by Crippen LogP contribution is -2.41. The molecule has 0 saturated heterocycles. The first-order chi connectivity index (χ1) is 12.0. The Bertz CT molecular complexity index is 770. The van der Waals surface area contributed by atoms with Crippen molar-refractivity contribution in [3.8, 4) is 5.75 Å². The summed E-state index contributed by atoms with van der Waals surface area (Å²) in [6.07, 6.45) is 3.05. The maximum Gasteiger partial charge on any atom is 0.247 e. The molecule has 1 heterocycles.